The van der Waals surface area contributed by atoms with E-state index in [9.17, 15) is 0 Å². The van der Waals surface area contributed by atoms with Gasteiger partial charge in [0.15, 0.2) is 5.96 Å². The average molecular weight is 492 g/mol. The molecular formula is C19H33IN4OS. The molecule has 0 spiro atoms. The molecule has 2 rings (SSSR count). The normalized spacial score (nSPS) is 17.8. The molecule has 2 N–H and O–H groups in total. The second-order valence-electron chi connectivity index (χ2n) is 6.13. The summed E-state index contributed by atoms with van der Waals surface area (Å²) < 4.78 is 5.21. The first-order valence-corrected chi connectivity index (χ1v) is 10.2. The van der Waals surface area contributed by atoms with Gasteiger partial charge in [0.1, 0.15) is 0 Å². The number of aliphatic imine (C=N–C) groups is 1. The summed E-state index contributed by atoms with van der Waals surface area (Å²) in [6.45, 7) is 7.73. The van der Waals surface area contributed by atoms with E-state index in [-0.39, 0.29) is 24.0 Å². The van der Waals surface area contributed by atoms with Crippen LogP contribution in [0, 0.1) is 0 Å². The topological polar surface area (TPSA) is 48.9 Å². The Labute approximate surface area is 179 Å². The van der Waals surface area contributed by atoms with E-state index in [0.717, 1.165) is 44.5 Å². The van der Waals surface area contributed by atoms with E-state index >= 15 is 0 Å². The Morgan fingerprint density at radius 2 is 2.12 bits per heavy atom. The molecule has 0 aromatic heterocycles. The van der Waals surface area contributed by atoms with Gasteiger partial charge in [-0.1, -0.05) is 18.2 Å². The van der Waals surface area contributed by atoms with Crippen LogP contribution in [0.4, 0.5) is 0 Å². The lowest BCUT2D eigenvalue weighted by atomic mass is 10.2. The zero-order valence-electron chi connectivity index (χ0n) is 15.9. The lowest BCUT2D eigenvalue weighted by molar-refractivity contribution is 0.143. The van der Waals surface area contributed by atoms with Gasteiger partial charge in [-0.2, -0.15) is 0 Å². The number of ether oxygens (including phenoxy) is 1. The number of rotatable bonds is 10. The van der Waals surface area contributed by atoms with Crippen molar-refractivity contribution >= 4 is 41.7 Å². The minimum absolute atomic E-state index is 0. The Morgan fingerprint density at radius 1 is 1.31 bits per heavy atom. The molecule has 1 saturated heterocycles. The fraction of sp³-hybridized carbons (Fsp3) is 0.632. The molecule has 1 heterocycles. The van der Waals surface area contributed by atoms with Crippen LogP contribution in [0.5, 0.6) is 0 Å². The van der Waals surface area contributed by atoms with Gasteiger partial charge in [-0.15, -0.1) is 35.7 Å². The van der Waals surface area contributed by atoms with Crippen molar-refractivity contribution in [2.75, 3.05) is 52.2 Å². The van der Waals surface area contributed by atoms with Crippen molar-refractivity contribution < 1.29 is 4.74 Å². The quantitative estimate of drug-likeness (QED) is 0.173. The van der Waals surface area contributed by atoms with E-state index < -0.39 is 0 Å². The minimum Gasteiger partial charge on any atom is -0.383 e. The average Bonchev–Trinajstić information content (AvgIpc) is 3.09. The molecule has 5 nitrogen and oxygen atoms in total. The highest BCUT2D eigenvalue weighted by Crippen LogP contribution is 2.17. The first-order chi connectivity index (χ1) is 12.3. The molecule has 0 amide bonds. The third kappa shape index (κ3) is 8.92. The molecule has 1 aliphatic rings. The van der Waals surface area contributed by atoms with Crippen molar-refractivity contribution in [3.63, 3.8) is 0 Å². The lowest BCUT2D eigenvalue weighted by Gasteiger charge is -2.23. The van der Waals surface area contributed by atoms with Crippen LogP contribution in [0.15, 0.2) is 40.2 Å². The van der Waals surface area contributed by atoms with Crippen LogP contribution in [0.2, 0.25) is 0 Å². The van der Waals surface area contributed by atoms with E-state index in [0.29, 0.717) is 6.04 Å². The largest absolute Gasteiger partial charge is 0.383 e. The smallest absolute Gasteiger partial charge is 0.191 e. The van der Waals surface area contributed by atoms with Gasteiger partial charge >= 0.3 is 0 Å². The molecule has 0 radical (unpaired) electrons. The first kappa shape index (κ1) is 23.5. The van der Waals surface area contributed by atoms with E-state index in [2.05, 4.69) is 52.8 Å². The van der Waals surface area contributed by atoms with Crippen LogP contribution in [0.3, 0.4) is 0 Å². The minimum atomic E-state index is 0. The Bertz CT molecular complexity index is 504. The molecule has 26 heavy (non-hydrogen) atoms. The second-order valence-corrected chi connectivity index (χ2v) is 7.30. The first-order valence-electron chi connectivity index (χ1n) is 9.26. The molecule has 0 aliphatic carbocycles. The van der Waals surface area contributed by atoms with Gasteiger partial charge in [-0.3, -0.25) is 9.89 Å². The predicted octanol–water partition coefficient (Wildman–Crippen LogP) is 3.06. The van der Waals surface area contributed by atoms with Crippen LogP contribution in [-0.4, -0.2) is 69.1 Å². The summed E-state index contributed by atoms with van der Waals surface area (Å²) in [5, 5.41) is 6.80. The summed E-state index contributed by atoms with van der Waals surface area (Å²) in [6.07, 6.45) is 2.50. The Morgan fingerprint density at radius 3 is 2.85 bits per heavy atom. The van der Waals surface area contributed by atoms with Gasteiger partial charge in [-0.05, 0) is 38.4 Å². The molecule has 0 saturated carbocycles. The predicted molar refractivity (Wildman–Crippen MR) is 123 cm³/mol. The Hall–Kier alpha value is -0.510. The summed E-state index contributed by atoms with van der Waals surface area (Å²) in [4.78, 5) is 8.61. The van der Waals surface area contributed by atoms with Crippen LogP contribution in [0.25, 0.3) is 0 Å². The maximum atomic E-state index is 5.21. The van der Waals surface area contributed by atoms with E-state index in [4.69, 9.17) is 9.73 Å². The van der Waals surface area contributed by atoms with Crippen LogP contribution < -0.4 is 10.6 Å². The Balaban J connectivity index is 0.00000338. The number of thioether (sulfide) groups is 1. The highest BCUT2D eigenvalue weighted by atomic mass is 127. The molecule has 7 heteroatoms. The summed E-state index contributed by atoms with van der Waals surface area (Å²) in [5.41, 5.74) is 0. The number of hydrogen-bond donors (Lipinski definition) is 2. The third-order valence-corrected chi connectivity index (χ3v) is 5.31. The molecule has 148 valence electrons. The zero-order chi connectivity index (χ0) is 17.7. The second kappa shape index (κ2) is 14.5. The van der Waals surface area contributed by atoms with E-state index in [1.165, 1.54) is 24.3 Å². The van der Waals surface area contributed by atoms with Gasteiger partial charge in [-0.25, -0.2) is 0 Å². The van der Waals surface area contributed by atoms with Crippen LogP contribution in [-0.2, 0) is 4.74 Å². The van der Waals surface area contributed by atoms with Crippen molar-refractivity contribution in [2.45, 2.75) is 30.7 Å². The van der Waals surface area contributed by atoms with Crippen molar-refractivity contribution in [1.82, 2.24) is 15.5 Å². The van der Waals surface area contributed by atoms with Crippen LogP contribution in [0.1, 0.15) is 19.8 Å². The monoisotopic (exact) mass is 492 g/mol. The molecule has 1 fully saturated rings. The van der Waals surface area contributed by atoms with Crippen molar-refractivity contribution in [3.05, 3.63) is 30.3 Å². The van der Waals surface area contributed by atoms with Gasteiger partial charge in [0.2, 0.25) is 0 Å². The van der Waals surface area contributed by atoms with Gasteiger partial charge in [0.05, 0.1) is 13.2 Å². The van der Waals surface area contributed by atoms with Gasteiger partial charge < -0.3 is 15.4 Å². The fourth-order valence-corrected chi connectivity index (χ4v) is 3.79. The number of halogens is 1. The van der Waals surface area contributed by atoms with Crippen molar-refractivity contribution in [1.29, 1.82) is 0 Å². The van der Waals surface area contributed by atoms with E-state index in [1.807, 2.05) is 11.8 Å². The highest BCUT2D eigenvalue weighted by molar-refractivity contribution is 14.0. The SMILES string of the molecule is CCNC(=NCC1CCCN1CCOC)NCCSc1ccccc1.I. The summed E-state index contributed by atoms with van der Waals surface area (Å²) in [7, 11) is 1.77. The van der Waals surface area contributed by atoms with Crippen molar-refractivity contribution in [3.8, 4) is 0 Å². The molecule has 1 aromatic rings. The third-order valence-electron chi connectivity index (χ3n) is 4.29. The fourth-order valence-electron chi connectivity index (χ4n) is 3.00. The van der Waals surface area contributed by atoms with E-state index in [1.54, 1.807) is 7.11 Å². The molecule has 1 atom stereocenters. The number of benzene rings is 1. The number of likely N-dealkylation sites (tertiary alicyclic amines) is 1. The highest BCUT2D eigenvalue weighted by Gasteiger charge is 2.23. The zero-order valence-corrected chi connectivity index (χ0v) is 19.1. The van der Waals surface area contributed by atoms with Gasteiger partial charge in [0.25, 0.3) is 0 Å². The maximum Gasteiger partial charge on any atom is 0.191 e. The standard InChI is InChI=1S/C19H32N4OS.HI/c1-3-20-19(21-11-15-25-18-9-5-4-6-10-18)22-16-17-8-7-12-23(17)13-14-24-2;/h4-6,9-10,17H,3,7-8,11-16H2,1-2H3,(H2,20,21,22);1H. The summed E-state index contributed by atoms with van der Waals surface area (Å²) in [6, 6.07) is 11.1. The number of methoxy groups -OCH3 is 1. The summed E-state index contributed by atoms with van der Waals surface area (Å²) >= 11 is 1.87. The molecule has 1 unspecified atom stereocenters. The molecular weight excluding hydrogens is 459 g/mol. The molecule has 1 aromatic carbocycles. The maximum absolute atomic E-state index is 5.21. The number of nitrogens with zero attached hydrogens (tertiary/aromatic N) is 2. The number of guanidine groups is 1. The lowest BCUT2D eigenvalue weighted by Crippen LogP contribution is -2.40. The Kier molecular flexibility index (Phi) is 13.2. The van der Waals surface area contributed by atoms with Crippen LogP contribution >= 0.6 is 35.7 Å². The molecule has 1 aliphatic heterocycles. The molecule has 0 bridgehead atoms. The number of hydrogen-bond acceptors (Lipinski definition) is 4. The van der Waals surface area contributed by atoms with Crippen molar-refractivity contribution in [2.24, 2.45) is 4.99 Å². The summed E-state index contributed by atoms with van der Waals surface area (Å²) in [5.74, 6) is 1.95. The van der Waals surface area contributed by atoms with Gasteiger partial charge in [0, 0.05) is 43.4 Å². The number of nitrogens with one attached hydrogen (secondary N) is 2.